The van der Waals surface area contributed by atoms with Gasteiger partial charge in [0.1, 0.15) is 5.82 Å². The average molecular weight is 269 g/mol. The van der Waals surface area contributed by atoms with E-state index in [4.69, 9.17) is 0 Å². The standard InChI is InChI=1S/C16H19N3O/c1-11-5-8-15(17-10-11)18-16(20)13-6-7-14(19(3)4)12(2)9-13/h5-10H,1-4H3,(H,17,18,20). The molecule has 0 aliphatic rings. The highest BCUT2D eigenvalue weighted by Crippen LogP contribution is 2.19. The van der Waals surface area contributed by atoms with E-state index in [-0.39, 0.29) is 5.91 Å². The quantitative estimate of drug-likeness (QED) is 0.931. The largest absolute Gasteiger partial charge is 0.377 e. The molecule has 20 heavy (non-hydrogen) atoms. The van der Waals surface area contributed by atoms with Gasteiger partial charge in [0, 0.05) is 31.5 Å². The molecule has 0 unspecified atom stereocenters. The van der Waals surface area contributed by atoms with Crippen molar-refractivity contribution in [1.29, 1.82) is 0 Å². The van der Waals surface area contributed by atoms with Crippen LogP contribution in [0.1, 0.15) is 21.5 Å². The average Bonchev–Trinajstić information content (AvgIpc) is 2.40. The van der Waals surface area contributed by atoms with E-state index in [1.807, 2.05) is 57.1 Å². The first-order chi connectivity index (χ1) is 9.47. The van der Waals surface area contributed by atoms with Crippen molar-refractivity contribution < 1.29 is 4.79 Å². The Balaban J connectivity index is 2.17. The summed E-state index contributed by atoms with van der Waals surface area (Å²) in [5.74, 6) is 0.421. The molecule has 1 aromatic carbocycles. The van der Waals surface area contributed by atoms with Crippen molar-refractivity contribution in [3.63, 3.8) is 0 Å². The van der Waals surface area contributed by atoms with Crippen molar-refractivity contribution in [3.05, 3.63) is 53.2 Å². The van der Waals surface area contributed by atoms with Crippen LogP contribution >= 0.6 is 0 Å². The monoisotopic (exact) mass is 269 g/mol. The summed E-state index contributed by atoms with van der Waals surface area (Å²) in [5, 5.41) is 2.80. The van der Waals surface area contributed by atoms with Gasteiger partial charge in [-0.05, 0) is 49.2 Å². The Morgan fingerprint density at radius 1 is 1.15 bits per heavy atom. The molecule has 1 N–H and O–H groups in total. The van der Waals surface area contributed by atoms with E-state index >= 15 is 0 Å². The minimum absolute atomic E-state index is 0.144. The molecule has 0 saturated carbocycles. The van der Waals surface area contributed by atoms with E-state index < -0.39 is 0 Å². The van der Waals surface area contributed by atoms with Crippen molar-refractivity contribution in [3.8, 4) is 0 Å². The highest BCUT2D eigenvalue weighted by Gasteiger charge is 2.09. The lowest BCUT2D eigenvalue weighted by Crippen LogP contribution is -2.15. The van der Waals surface area contributed by atoms with Gasteiger partial charge in [0.25, 0.3) is 5.91 Å². The summed E-state index contributed by atoms with van der Waals surface area (Å²) >= 11 is 0. The van der Waals surface area contributed by atoms with Gasteiger partial charge in [0.2, 0.25) is 0 Å². The number of hydrogen-bond donors (Lipinski definition) is 1. The highest BCUT2D eigenvalue weighted by molar-refractivity contribution is 6.04. The third kappa shape index (κ3) is 3.15. The van der Waals surface area contributed by atoms with Crippen LogP contribution in [-0.4, -0.2) is 25.0 Å². The molecule has 1 amide bonds. The summed E-state index contributed by atoms with van der Waals surface area (Å²) in [6, 6.07) is 9.38. The van der Waals surface area contributed by atoms with Crippen molar-refractivity contribution in [2.24, 2.45) is 0 Å². The number of carbonyl (C=O) groups excluding carboxylic acids is 1. The molecule has 0 aliphatic heterocycles. The molecule has 4 nitrogen and oxygen atoms in total. The fourth-order valence-electron chi connectivity index (χ4n) is 2.03. The van der Waals surface area contributed by atoms with Crippen LogP contribution in [0.3, 0.4) is 0 Å². The topological polar surface area (TPSA) is 45.2 Å². The summed E-state index contributed by atoms with van der Waals surface area (Å²) in [5.41, 5.74) is 3.87. The molecule has 2 aromatic rings. The molecule has 0 saturated heterocycles. The van der Waals surface area contributed by atoms with Gasteiger partial charge in [0.05, 0.1) is 0 Å². The number of anilines is 2. The predicted molar refractivity (Wildman–Crippen MR) is 82.4 cm³/mol. The number of nitrogens with zero attached hydrogens (tertiary/aromatic N) is 2. The molecule has 1 heterocycles. The first-order valence-electron chi connectivity index (χ1n) is 6.49. The summed E-state index contributed by atoms with van der Waals surface area (Å²) < 4.78 is 0. The van der Waals surface area contributed by atoms with E-state index in [9.17, 15) is 4.79 Å². The SMILES string of the molecule is Cc1ccc(NC(=O)c2ccc(N(C)C)c(C)c2)nc1. The van der Waals surface area contributed by atoms with Crippen LogP contribution in [0.5, 0.6) is 0 Å². The lowest BCUT2D eigenvalue weighted by Gasteiger charge is -2.16. The molecule has 0 bridgehead atoms. The van der Waals surface area contributed by atoms with Crippen LogP contribution in [0.15, 0.2) is 36.5 Å². The number of amides is 1. The Labute approximate surface area is 119 Å². The number of benzene rings is 1. The van der Waals surface area contributed by atoms with Crippen LogP contribution in [0.4, 0.5) is 11.5 Å². The minimum Gasteiger partial charge on any atom is -0.377 e. The molecule has 0 aliphatic carbocycles. The van der Waals surface area contributed by atoms with Crippen molar-refractivity contribution >= 4 is 17.4 Å². The maximum absolute atomic E-state index is 12.2. The number of rotatable bonds is 3. The second-order valence-electron chi connectivity index (χ2n) is 5.07. The van der Waals surface area contributed by atoms with E-state index in [2.05, 4.69) is 10.3 Å². The third-order valence-electron chi connectivity index (χ3n) is 3.09. The maximum atomic E-state index is 12.2. The lowest BCUT2D eigenvalue weighted by molar-refractivity contribution is 0.102. The van der Waals surface area contributed by atoms with E-state index in [0.717, 1.165) is 16.8 Å². The molecular formula is C16H19N3O. The van der Waals surface area contributed by atoms with Gasteiger partial charge in [-0.2, -0.15) is 0 Å². The van der Waals surface area contributed by atoms with Crippen molar-refractivity contribution in [2.45, 2.75) is 13.8 Å². The van der Waals surface area contributed by atoms with Gasteiger partial charge in [0.15, 0.2) is 0 Å². The predicted octanol–water partition coefficient (Wildman–Crippen LogP) is 3.02. The summed E-state index contributed by atoms with van der Waals surface area (Å²) in [4.78, 5) is 18.4. The molecule has 104 valence electrons. The van der Waals surface area contributed by atoms with Crippen molar-refractivity contribution in [1.82, 2.24) is 4.98 Å². The molecule has 4 heteroatoms. The number of hydrogen-bond acceptors (Lipinski definition) is 3. The summed E-state index contributed by atoms with van der Waals surface area (Å²) in [6.07, 6.45) is 1.73. The van der Waals surface area contributed by atoms with Gasteiger partial charge in [-0.1, -0.05) is 6.07 Å². The zero-order chi connectivity index (χ0) is 14.7. The fraction of sp³-hybridized carbons (Fsp3) is 0.250. The molecule has 2 rings (SSSR count). The molecule has 0 fully saturated rings. The number of aryl methyl sites for hydroxylation is 2. The van der Waals surface area contributed by atoms with Gasteiger partial charge < -0.3 is 10.2 Å². The molecule has 1 aromatic heterocycles. The van der Waals surface area contributed by atoms with Crippen LogP contribution < -0.4 is 10.2 Å². The zero-order valence-corrected chi connectivity index (χ0v) is 12.3. The number of aromatic nitrogens is 1. The molecule has 0 atom stereocenters. The second kappa shape index (κ2) is 5.74. The lowest BCUT2D eigenvalue weighted by atomic mass is 10.1. The number of pyridine rings is 1. The van der Waals surface area contributed by atoms with Gasteiger partial charge in [-0.15, -0.1) is 0 Å². The Kier molecular flexibility index (Phi) is 4.03. The first kappa shape index (κ1) is 14.1. The van der Waals surface area contributed by atoms with Crippen LogP contribution in [0, 0.1) is 13.8 Å². The minimum atomic E-state index is -0.144. The maximum Gasteiger partial charge on any atom is 0.256 e. The van der Waals surface area contributed by atoms with E-state index in [1.54, 1.807) is 12.3 Å². The number of nitrogens with one attached hydrogen (secondary N) is 1. The van der Waals surface area contributed by atoms with Gasteiger partial charge in [-0.3, -0.25) is 4.79 Å². The van der Waals surface area contributed by atoms with Crippen molar-refractivity contribution in [2.75, 3.05) is 24.3 Å². The molecular weight excluding hydrogens is 250 g/mol. The highest BCUT2D eigenvalue weighted by atomic mass is 16.1. The second-order valence-corrected chi connectivity index (χ2v) is 5.07. The summed E-state index contributed by atoms with van der Waals surface area (Å²) in [7, 11) is 3.97. The smallest absolute Gasteiger partial charge is 0.256 e. The number of carbonyl (C=O) groups is 1. The van der Waals surface area contributed by atoms with Crippen LogP contribution in [0.25, 0.3) is 0 Å². The first-order valence-corrected chi connectivity index (χ1v) is 6.49. The normalized spacial score (nSPS) is 10.2. The molecule has 0 spiro atoms. The Morgan fingerprint density at radius 3 is 2.45 bits per heavy atom. The fourth-order valence-corrected chi connectivity index (χ4v) is 2.03. The zero-order valence-electron chi connectivity index (χ0n) is 12.3. The third-order valence-corrected chi connectivity index (χ3v) is 3.09. The van der Waals surface area contributed by atoms with Crippen LogP contribution in [0.2, 0.25) is 0 Å². The summed E-state index contributed by atoms with van der Waals surface area (Å²) in [6.45, 7) is 3.96. The Hall–Kier alpha value is -2.36. The van der Waals surface area contributed by atoms with E-state index in [0.29, 0.717) is 11.4 Å². The van der Waals surface area contributed by atoms with E-state index in [1.165, 1.54) is 0 Å². The Morgan fingerprint density at radius 2 is 1.90 bits per heavy atom. The van der Waals surface area contributed by atoms with Gasteiger partial charge in [-0.25, -0.2) is 4.98 Å². The molecule has 0 radical (unpaired) electrons. The van der Waals surface area contributed by atoms with Gasteiger partial charge >= 0.3 is 0 Å². The van der Waals surface area contributed by atoms with Crippen LogP contribution in [-0.2, 0) is 0 Å². The Bertz CT molecular complexity index is 618.